The average Bonchev–Trinajstić information content (AvgIpc) is 2.67. The smallest absolute Gasteiger partial charge is 0.188 e. The highest BCUT2D eigenvalue weighted by atomic mass is 16.5. The standard InChI is InChI=1S/C9H17N5O2/c1-7-6-16-8(5-15)3-14(7)4-9-10-12-13(2)11-9/h7-8,15H,3-6H2,1-2H3. The van der Waals surface area contributed by atoms with E-state index in [1.807, 2.05) is 0 Å². The van der Waals surface area contributed by atoms with E-state index in [0.29, 0.717) is 31.6 Å². The summed E-state index contributed by atoms with van der Waals surface area (Å²) in [7, 11) is 1.75. The topological polar surface area (TPSA) is 76.3 Å². The molecule has 0 spiro atoms. The van der Waals surface area contributed by atoms with Crippen LogP contribution in [0.3, 0.4) is 0 Å². The highest BCUT2D eigenvalue weighted by molar-refractivity contribution is 4.83. The number of aryl methyl sites for hydroxylation is 1. The molecule has 0 aromatic carbocycles. The summed E-state index contributed by atoms with van der Waals surface area (Å²) in [6.45, 7) is 4.12. The van der Waals surface area contributed by atoms with E-state index in [-0.39, 0.29) is 12.7 Å². The molecule has 1 aromatic rings. The summed E-state index contributed by atoms with van der Waals surface area (Å²) in [4.78, 5) is 3.64. The number of nitrogens with zero attached hydrogens (tertiary/aromatic N) is 5. The first-order valence-electron chi connectivity index (χ1n) is 5.38. The molecule has 7 heteroatoms. The van der Waals surface area contributed by atoms with Gasteiger partial charge >= 0.3 is 0 Å². The van der Waals surface area contributed by atoms with Gasteiger partial charge in [0.15, 0.2) is 5.82 Å². The van der Waals surface area contributed by atoms with Gasteiger partial charge in [-0.15, -0.1) is 10.2 Å². The molecule has 2 atom stereocenters. The van der Waals surface area contributed by atoms with Crippen molar-refractivity contribution < 1.29 is 9.84 Å². The van der Waals surface area contributed by atoms with Gasteiger partial charge in [0.1, 0.15) is 0 Å². The Labute approximate surface area is 94.0 Å². The second-order valence-electron chi connectivity index (χ2n) is 4.11. The first kappa shape index (κ1) is 11.4. The zero-order valence-electron chi connectivity index (χ0n) is 9.57. The van der Waals surface area contributed by atoms with Crippen LogP contribution in [0.2, 0.25) is 0 Å². The molecular weight excluding hydrogens is 210 g/mol. The van der Waals surface area contributed by atoms with Crippen LogP contribution < -0.4 is 0 Å². The molecule has 1 saturated heterocycles. The highest BCUT2D eigenvalue weighted by Crippen LogP contribution is 2.13. The summed E-state index contributed by atoms with van der Waals surface area (Å²) in [5.41, 5.74) is 0. The van der Waals surface area contributed by atoms with Gasteiger partial charge in [0.2, 0.25) is 0 Å². The Morgan fingerprint density at radius 3 is 3.00 bits per heavy atom. The fourth-order valence-electron chi connectivity index (χ4n) is 1.77. The maximum absolute atomic E-state index is 9.07. The van der Waals surface area contributed by atoms with E-state index < -0.39 is 0 Å². The molecule has 2 rings (SSSR count). The number of aliphatic hydroxyl groups is 1. The molecular formula is C9H17N5O2. The van der Waals surface area contributed by atoms with Gasteiger partial charge in [-0.1, -0.05) is 0 Å². The predicted molar refractivity (Wildman–Crippen MR) is 55.5 cm³/mol. The van der Waals surface area contributed by atoms with E-state index >= 15 is 0 Å². The molecule has 1 aliphatic rings. The minimum atomic E-state index is -0.104. The lowest BCUT2D eigenvalue weighted by Crippen LogP contribution is -2.49. The van der Waals surface area contributed by atoms with Crippen LogP contribution in [0.5, 0.6) is 0 Å². The molecule has 0 saturated carbocycles. The third-order valence-electron chi connectivity index (χ3n) is 2.73. The van der Waals surface area contributed by atoms with Crippen LogP contribution in [0, 0.1) is 0 Å². The Bertz CT molecular complexity index is 342. The van der Waals surface area contributed by atoms with Crippen molar-refractivity contribution in [2.75, 3.05) is 19.8 Å². The average molecular weight is 227 g/mol. The van der Waals surface area contributed by atoms with Gasteiger partial charge in [-0.2, -0.15) is 4.80 Å². The van der Waals surface area contributed by atoms with E-state index in [1.54, 1.807) is 7.05 Å². The van der Waals surface area contributed by atoms with Crippen LogP contribution in [-0.4, -0.2) is 62.1 Å². The van der Waals surface area contributed by atoms with E-state index in [9.17, 15) is 0 Å². The zero-order valence-corrected chi connectivity index (χ0v) is 9.57. The Morgan fingerprint density at radius 2 is 2.38 bits per heavy atom. The Kier molecular flexibility index (Phi) is 3.47. The van der Waals surface area contributed by atoms with Crippen LogP contribution >= 0.6 is 0 Å². The lowest BCUT2D eigenvalue weighted by Gasteiger charge is -2.36. The van der Waals surface area contributed by atoms with Gasteiger partial charge in [0, 0.05) is 12.6 Å². The predicted octanol–water partition coefficient (Wildman–Crippen LogP) is -1.21. The number of tetrazole rings is 1. The molecule has 7 nitrogen and oxygen atoms in total. The largest absolute Gasteiger partial charge is 0.394 e. The lowest BCUT2D eigenvalue weighted by atomic mass is 10.2. The molecule has 1 N–H and O–H groups in total. The summed E-state index contributed by atoms with van der Waals surface area (Å²) in [6, 6.07) is 0.312. The normalized spacial score (nSPS) is 27.2. The molecule has 16 heavy (non-hydrogen) atoms. The number of hydrogen-bond donors (Lipinski definition) is 1. The summed E-state index contributed by atoms with van der Waals surface area (Å²) in [6.07, 6.45) is -0.104. The van der Waals surface area contributed by atoms with Gasteiger partial charge in [-0.25, -0.2) is 0 Å². The summed E-state index contributed by atoms with van der Waals surface area (Å²) >= 11 is 0. The maximum Gasteiger partial charge on any atom is 0.188 e. The van der Waals surface area contributed by atoms with E-state index in [2.05, 4.69) is 27.2 Å². The second-order valence-corrected chi connectivity index (χ2v) is 4.11. The molecule has 0 amide bonds. The van der Waals surface area contributed by atoms with Gasteiger partial charge < -0.3 is 9.84 Å². The van der Waals surface area contributed by atoms with Crippen LogP contribution in [0.25, 0.3) is 0 Å². The van der Waals surface area contributed by atoms with Crippen molar-refractivity contribution in [3.05, 3.63) is 5.82 Å². The number of aliphatic hydroxyl groups excluding tert-OH is 1. The fourth-order valence-corrected chi connectivity index (χ4v) is 1.77. The highest BCUT2D eigenvalue weighted by Gasteiger charge is 2.26. The SMILES string of the molecule is CC1COC(CO)CN1Cc1nnn(C)n1. The first-order chi connectivity index (χ1) is 7.69. The van der Waals surface area contributed by atoms with E-state index in [1.165, 1.54) is 4.80 Å². The quantitative estimate of drug-likeness (QED) is 0.698. The molecule has 2 heterocycles. The van der Waals surface area contributed by atoms with Gasteiger partial charge in [-0.05, 0) is 12.1 Å². The van der Waals surface area contributed by atoms with Crippen molar-refractivity contribution in [3.8, 4) is 0 Å². The minimum absolute atomic E-state index is 0.0527. The van der Waals surface area contributed by atoms with Crippen LogP contribution in [0.4, 0.5) is 0 Å². The van der Waals surface area contributed by atoms with Crippen LogP contribution in [0.15, 0.2) is 0 Å². The summed E-state index contributed by atoms with van der Waals surface area (Å²) < 4.78 is 5.46. The van der Waals surface area contributed by atoms with Crippen molar-refractivity contribution in [2.45, 2.75) is 25.6 Å². The monoisotopic (exact) mass is 227 g/mol. The van der Waals surface area contributed by atoms with Crippen LogP contribution in [-0.2, 0) is 18.3 Å². The third-order valence-corrected chi connectivity index (χ3v) is 2.73. The second kappa shape index (κ2) is 4.86. The van der Waals surface area contributed by atoms with Crippen LogP contribution in [0.1, 0.15) is 12.7 Å². The molecule has 90 valence electrons. The van der Waals surface area contributed by atoms with E-state index in [0.717, 1.165) is 0 Å². The van der Waals surface area contributed by atoms with E-state index in [4.69, 9.17) is 9.84 Å². The van der Waals surface area contributed by atoms with Crippen molar-refractivity contribution >= 4 is 0 Å². The number of hydrogen-bond acceptors (Lipinski definition) is 6. The molecule has 1 fully saturated rings. The lowest BCUT2D eigenvalue weighted by molar-refractivity contribution is -0.0812. The molecule has 2 unspecified atom stereocenters. The molecule has 0 aliphatic carbocycles. The number of ether oxygens (including phenoxy) is 1. The zero-order chi connectivity index (χ0) is 11.5. The molecule has 0 bridgehead atoms. The first-order valence-corrected chi connectivity index (χ1v) is 5.38. The fraction of sp³-hybridized carbons (Fsp3) is 0.889. The number of morpholine rings is 1. The minimum Gasteiger partial charge on any atom is -0.394 e. The van der Waals surface area contributed by atoms with Gasteiger partial charge in [0.05, 0.1) is 32.9 Å². The summed E-state index contributed by atoms with van der Waals surface area (Å²) in [5.74, 6) is 0.702. The molecule has 1 aromatic heterocycles. The van der Waals surface area contributed by atoms with Crippen molar-refractivity contribution in [2.24, 2.45) is 7.05 Å². The van der Waals surface area contributed by atoms with Crippen molar-refractivity contribution in [3.63, 3.8) is 0 Å². The van der Waals surface area contributed by atoms with Crippen molar-refractivity contribution in [1.82, 2.24) is 25.1 Å². The van der Waals surface area contributed by atoms with Gasteiger partial charge in [-0.3, -0.25) is 4.90 Å². The Balaban J connectivity index is 1.96. The molecule has 1 aliphatic heterocycles. The maximum atomic E-state index is 9.07. The molecule has 0 radical (unpaired) electrons. The Morgan fingerprint density at radius 1 is 1.56 bits per heavy atom. The Hall–Kier alpha value is -1.05. The number of rotatable bonds is 3. The van der Waals surface area contributed by atoms with Gasteiger partial charge in [0.25, 0.3) is 0 Å². The third kappa shape index (κ3) is 2.55. The van der Waals surface area contributed by atoms with Crippen molar-refractivity contribution in [1.29, 1.82) is 0 Å². The number of aromatic nitrogens is 4. The summed E-state index contributed by atoms with van der Waals surface area (Å²) in [5, 5.41) is 21.0.